The minimum atomic E-state index is 1.21. The van der Waals surface area contributed by atoms with Gasteiger partial charge < -0.3 is 0 Å². The molecule has 0 bridgehead atoms. The van der Waals surface area contributed by atoms with E-state index in [2.05, 4.69) is 55.1 Å². The van der Waals surface area contributed by atoms with Crippen LogP contribution in [0.2, 0.25) is 0 Å². The fourth-order valence-corrected chi connectivity index (χ4v) is 1.87. The number of allylic oxidation sites excluding steroid dienone is 1. The Morgan fingerprint density at radius 3 is 2.60 bits per heavy atom. The van der Waals surface area contributed by atoms with Gasteiger partial charge in [0.25, 0.3) is 0 Å². The molecule has 0 spiro atoms. The molecule has 0 saturated heterocycles. The summed E-state index contributed by atoms with van der Waals surface area (Å²) in [6, 6.07) is 12.7. The van der Waals surface area contributed by atoms with Gasteiger partial charge in [-0.2, -0.15) is 0 Å². The van der Waals surface area contributed by atoms with Gasteiger partial charge in [-0.1, -0.05) is 61.2 Å². The van der Waals surface area contributed by atoms with Crippen molar-refractivity contribution in [2.45, 2.75) is 6.92 Å². The molecule has 2 aromatic rings. The normalized spacial score (nSPS) is 11.0. The van der Waals surface area contributed by atoms with Crippen molar-refractivity contribution in [1.82, 2.24) is 0 Å². The van der Waals surface area contributed by atoms with Gasteiger partial charge in [-0.25, -0.2) is 0 Å². The Kier molecular flexibility index (Phi) is 2.68. The molecule has 0 aliphatic carbocycles. The molecule has 0 fully saturated rings. The fraction of sp³-hybridized carbons (Fsp3) is 0.0667. The van der Waals surface area contributed by atoms with E-state index in [1.165, 1.54) is 21.9 Å². The van der Waals surface area contributed by atoms with Crippen molar-refractivity contribution >= 4 is 22.9 Å². The molecule has 0 saturated carbocycles. The van der Waals surface area contributed by atoms with E-state index in [0.29, 0.717) is 0 Å². The van der Waals surface area contributed by atoms with Crippen LogP contribution < -0.4 is 0 Å². The standard InChI is InChI=1S/C15H14/c1-3-7-12-10-11-13-8-5-6-9-15(13)14(12)4-2/h3-11H,2H2,1H3. The molecule has 0 N–H and O–H groups in total. The van der Waals surface area contributed by atoms with Crippen LogP contribution in [-0.2, 0) is 0 Å². The van der Waals surface area contributed by atoms with Crippen molar-refractivity contribution in [2.75, 3.05) is 0 Å². The monoisotopic (exact) mass is 194 g/mol. The first-order chi connectivity index (χ1) is 7.36. The number of hydrogen-bond donors (Lipinski definition) is 0. The highest BCUT2D eigenvalue weighted by Crippen LogP contribution is 2.24. The summed E-state index contributed by atoms with van der Waals surface area (Å²) < 4.78 is 0. The molecule has 2 rings (SSSR count). The maximum Gasteiger partial charge on any atom is -0.0106 e. The van der Waals surface area contributed by atoms with Gasteiger partial charge in [-0.05, 0) is 28.8 Å². The molecule has 0 amide bonds. The molecule has 2 aromatic carbocycles. The van der Waals surface area contributed by atoms with E-state index in [1.54, 1.807) is 0 Å². The van der Waals surface area contributed by atoms with Gasteiger partial charge in [0.15, 0.2) is 0 Å². The third-order valence-electron chi connectivity index (χ3n) is 2.55. The Hall–Kier alpha value is -1.82. The van der Waals surface area contributed by atoms with E-state index < -0.39 is 0 Å². The molecule has 0 nitrogen and oxygen atoms in total. The summed E-state index contributed by atoms with van der Waals surface area (Å²) in [5, 5.41) is 2.53. The molecule has 0 unspecified atom stereocenters. The Labute approximate surface area is 90.6 Å². The van der Waals surface area contributed by atoms with Gasteiger partial charge in [0.05, 0.1) is 0 Å². The van der Waals surface area contributed by atoms with Crippen molar-refractivity contribution < 1.29 is 0 Å². The van der Waals surface area contributed by atoms with Gasteiger partial charge in [0.1, 0.15) is 0 Å². The first kappa shape index (κ1) is 9.72. The second kappa shape index (κ2) is 4.14. The van der Waals surface area contributed by atoms with Crippen LogP contribution >= 0.6 is 0 Å². The molecule has 0 heterocycles. The molecule has 15 heavy (non-hydrogen) atoms. The van der Waals surface area contributed by atoms with Crippen molar-refractivity contribution in [3.05, 3.63) is 60.2 Å². The molecule has 0 aliphatic rings. The van der Waals surface area contributed by atoms with Crippen LogP contribution in [-0.4, -0.2) is 0 Å². The van der Waals surface area contributed by atoms with Gasteiger partial charge in [0.2, 0.25) is 0 Å². The number of hydrogen-bond acceptors (Lipinski definition) is 0. The second-order valence-electron chi connectivity index (χ2n) is 3.49. The van der Waals surface area contributed by atoms with Gasteiger partial charge in [-0.3, -0.25) is 0 Å². The Morgan fingerprint density at radius 1 is 1.07 bits per heavy atom. The summed E-state index contributed by atoms with van der Waals surface area (Å²) in [6.07, 6.45) is 6.10. The van der Waals surface area contributed by atoms with E-state index in [4.69, 9.17) is 0 Å². The average molecular weight is 194 g/mol. The number of benzene rings is 2. The van der Waals surface area contributed by atoms with Crippen LogP contribution in [0.15, 0.2) is 49.1 Å². The summed E-state index contributed by atoms with van der Waals surface area (Å²) in [6.45, 7) is 5.92. The topological polar surface area (TPSA) is 0 Å². The lowest BCUT2D eigenvalue weighted by atomic mass is 9.99. The lowest BCUT2D eigenvalue weighted by Gasteiger charge is -2.06. The lowest BCUT2D eigenvalue weighted by Crippen LogP contribution is -1.83. The molecule has 0 aliphatic heterocycles. The maximum atomic E-state index is 3.89. The third kappa shape index (κ3) is 1.71. The summed E-state index contributed by atoms with van der Waals surface area (Å²) in [5.74, 6) is 0. The third-order valence-corrected chi connectivity index (χ3v) is 2.55. The van der Waals surface area contributed by atoms with Gasteiger partial charge in [-0.15, -0.1) is 0 Å². The highest BCUT2D eigenvalue weighted by Gasteiger charge is 2.01. The molecule has 0 aromatic heterocycles. The molecular formula is C15H14. The van der Waals surface area contributed by atoms with Crippen LogP contribution in [0.4, 0.5) is 0 Å². The highest BCUT2D eigenvalue weighted by molar-refractivity contribution is 5.93. The lowest BCUT2D eigenvalue weighted by molar-refractivity contribution is 1.65. The van der Waals surface area contributed by atoms with Gasteiger partial charge >= 0.3 is 0 Å². The number of rotatable bonds is 2. The SMILES string of the molecule is C=Cc1c(C=CC)ccc2ccccc12. The van der Waals surface area contributed by atoms with Crippen molar-refractivity contribution in [2.24, 2.45) is 0 Å². The van der Waals surface area contributed by atoms with Gasteiger partial charge in [0, 0.05) is 0 Å². The first-order valence-electron chi connectivity index (χ1n) is 5.13. The van der Waals surface area contributed by atoms with E-state index in [-0.39, 0.29) is 0 Å². The van der Waals surface area contributed by atoms with Crippen LogP contribution in [0.5, 0.6) is 0 Å². The van der Waals surface area contributed by atoms with E-state index in [9.17, 15) is 0 Å². The predicted molar refractivity (Wildman–Crippen MR) is 68.7 cm³/mol. The zero-order valence-electron chi connectivity index (χ0n) is 8.90. The van der Waals surface area contributed by atoms with E-state index >= 15 is 0 Å². The highest BCUT2D eigenvalue weighted by atomic mass is 14.0. The Morgan fingerprint density at radius 2 is 1.87 bits per heavy atom. The van der Waals surface area contributed by atoms with Crippen LogP contribution in [0.1, 0.15) is 18.1 Å². The Bertz CT molecular complexity index is 519. The maximum absolute atomic E-state index is 3.89. The molecule has 0 heteroatoms. The Balaban J connectivity index is 2.81. The molecule has 0 radical (unpaired) electrons. The quantitative estimate of drug-likeness (QED) is 0.659. The molecule has 0 atom stereocenters. The number of fused-ring (bicyclic) bond motifs is 1. The summed E-state index contributed by atoms with van der Waals surface area (Å²) >= 11 is 0. The zero-order chi connectivity index (χ0) is 10.7. The minimum Gasteiger partial charge on any atom is -0.0984 e. The van der Waals surface area contributed by atoms with E-state index in [0.717, 1.165) is 0 Å². The first-order valence-corrected chi connectivity index (χ1v) is 5.13. The average Bonchev–Trinajstić information content (AvgIpc) is 2.29. The second-order valence-corrected chi connectivity index (χ2v) is 3.49. The van der Waals surface area contributed by atoms with Crippen molar-refractivity contribution in [1.29, 1.82) is 0 Å². The largest absolute Gasteiger partial charge is 0.0984 e. The summed E-state index contributed by atoms with van der Waals surface area (Å²) in [7, 11) is 0. The van der Waals surface area contributed by atoms with Crippen molar-refractivity contribution in [3.63, 3.8) is 0 Å². The summed E-state index contributed by atoms with van der Waals surface area (Å²) in [4.78, 5) is 0. The molecular weight excluding hydrogens is 180 g/mol. The zero-order valence-corrected chi connectivity index (χ0v) is 8.90. The van der Waals surface area contributed by atoms with Crippen molar-refractivity contribution in [3.8, 4) is 0 Å². The fourth-order valence-electron chi connectivity index (χ4n) is 1.87. The minimum absolute atomic E-state index is 1.21. The molecule has 74 valence electrons. The van der Waals surface area contributed by atoms with Crippen LogP contribution in [0.25, 0.3) is 22.9 Å². The predicted octanol–water partition coefficient (Wildman–Crippen LogP) is 4.52. The van der Waals surface area contributed by atoms with E-state index in [1.807, 2.05) is 13.0 Å². The van der Waals surface area contributed by atoms with Crippen LogP contribution in [0.3, 0.4) is 0 Å². The van der Waals surface area contributed by atoms with Crippen LogP contribution in [0, 0.1) is 0 Å². The summed E-state index contributed by atoms with van der Waals surface area (Å²) in [5.41, 5.74) is 2.44. The smallest absolute Gasteiger partial charge is 0.0106 e.